The van der Waals surface area contributed by atoms with Crippen molar-refractivity contribution in [1.82, 2.24) is 5.32 Å². The average Bonchev–Trinajstić information content (AvgIpc) is 2.56. The van der Waals surface area contributed by atoms with Gasteiger partial charge in [0.2, 0.25) is 0 Å². The van der Waals surface area contributed by atoms with Gasteiger partial charge in [-0.2, -0.15) is 0 Å². The zero-order valence-electron chi connectivity index (χ0n) is 10.0. The van der Waals surface area contributed by atoms with Crippen LogP contribution in [0.15, 0.2) is 11.6 Å². The van der Waals surface area contributed by atoms with Crippen LogP contribution >= 0.6 is 0 Å². The molecule has 1 rings (SSSR count). The molecule has 0 atom stereocenters. The number of carbonyl (C=O) groups is 2. The highest BCUT2D eigenvalue weighted by molar-refractivity contribution is 5.88. The van der Waals surface area contributed by atoms with Gasteiger partial charge in [0.1, 0.15) is 0 Å². The van der Waals surface area contributed by atoms with E-state index in [9.17, 15) is 9.59 Å². The molecule has 0 fully saturated rings. The first-order valence-electron chi connectivity index (χ1n) is 6.09. The van der Waals surface area contributed by atoms with Crippen molar-refractivity contribution in [1.29, 1.82) is 0 Å². The predicted molar refractivity (Wildman–Crippen MR) is 64.3 cm³/mol. The number of rotatable bonds is 5. The fourth-order valence-corrected chi connectivity index (χ4v) is 1.74. The highest BCUT2D eigenvalue weighted by Gasteiger charge is 2.12. The van der Waals surface area contributed by atoms with E-state index in [1.54, 1.807) is 0 Å². The molecule has 0 aromatic carbocycles. The Hall–Kier alpha value is -1.52. The summed E-state index contributed by atoms with van der Waals surface area (Å²) in [7, 11) is 0. The zero-order valence-corrected chi connectivity index (χ0v) is 10.0. The van der Waals surface area contributed by atoms with Crippen LogP contribution < -0.4 is 11.1 Å². The second kappa shape index (κ2) is 7.70. The van der Waals surface area contributed by atoms with Crippen LogP contribution in [0.5, 0.6) is 0 Å². The molecule has 1 aliphatic carbocycles. The number of allylic oxidation sites excluding steroid dienone is 1. The summed E-state index contributed by atoms with van der Waals surface area (Å²) in [6, 6.07) is -0.553. The van der Waals surface area contributed by atoms with Crippen LogP contribution in [-0.2, 0) is 9.53 Å². The first kappa shape index (κ1) is 13.5. The highest BCUT2D eigenvalue weighted by atomic mass is 16.5. The number of esters is 1. The molecule has 5 heteroatoms. The average molecular weight is 240 g/mol. The van der Waals surface area contributed by atoms with Gasteiger partial charge in [0.05, 0.1) is 6.61 Å². The molecule has 0 spiro atoms. The molecule has 0 radical (unpaired) electrons. The summed E-state index contributed by atoms with van der Waals surface area (Å²) in [4.78, 5) is 22.0. The van der Waals surface area contributed by atoms with E-state index in [0.29, 0.717) is 19.6 Å². The van der Waals surface area contributed by atoms with E-state index in [1.807, 2.05) is 6.08 Å². The standard InChI is InChI=1S/C12H20N2O3/c13-12(16)14-8-5-9-17-11(15)10-6-3-1-2-4-7-10/h6H,1-5,7-9H2,(H3,13,14,16). The van der Waals surface area contributed by atoms with Crippen LogP contribution in [0, 0.1) is 0 Å². The van der Waals surface area contributed by atoms with Crippen LogP contribution in [-0.4, -0.2) is 25.2 Å². The number of nitrogens with two attached hydrogens (primary N) is 1. The normalized spacial score (nSPS) is 15.6. The third kappa shape index (κ3) is 5.94. The zero-order chi connectivity index (χ0) is 12.5. The highest BCUT2D eigenvalue weighted by Crippen LogP contribution is 2.18. The molecule has 0 heterocycles. The summed E-state index contributed by atoms with van der Waals surface area (Å²) in [5.74, 6) is -0.217. The molecule has 17 heavy (non-hydrogen) atoms. The lowest BCUT2D eigenvalue weighted by Gasteiger charge is -2.07. The maximum atomic E-state index is 11.6. The molecule has 0 bridgehead atoms. The first-order chi connectivity index (χ1) is 8.20. The summed E-state index contributed by atoms with van der Waals surface area (Å²) in [6.07, 6.45) is 7.74. The van der Waals surface area contributed by atoms with E-state index in [-0.39, 0.29) is 5.97 Å². The van der Waals surface area contributed by atoms with Gasteiger partial charge in [0, 0.05) is 12.1 Å². The monoisotopic (exact) mass is 240 g/mol. The molecule has 96 valence electrons. The predicted octanol–water partition coefficient (Wildman–Crippen LogP) is 1.48. The van der Waals surface area contributed by atoms with Crippen LogP contribution in [0.2, 0.25) is 0 Å². The van der Waals surface area contributed by atoms with E-state index in [0.717, 1.165) is 31.3 Å². The van der Waals surface area contributed by atoms with Gasteiger partial charge in [0.15, 0.2) is 0 Å². The number of hydrogen-bond donors (Lipinski definition) is 2. The van der Waals surface area contributed by atoms with Gasteiger partial charge >= 0.3 is 12.0 Å². The third-order valence-electron chi connectivity index (χ3n) is 2.66. The van der Waals surface area contributed by atoms with Crippen molar-refractivity contribution in [2.75, 3.05) is 13.2 Å². The van der Waals surface area contributed by atoms with Gasteiger partial charge in [0.25, 0.3) is 0 Å². The lowest BCUT2D eigenvalue weighted by molar-refractivity contribution is -0.139. The van der Waals surface area contributed by atoms with Crippen LogP contribution in [0.3, 0.4) is 0 Å². The van der Waals surface area contributed by atoms with Gasteiger partial charge in [-0.15, -0.1) is 0 Å². The van der Waals surface area contributed by atoms with E-state index in [4.69, 9.17) is 10.5 Å². The number of urea groups is 1. The summed E-state index contributed by atoms with van der Waals surface area (Å²) < 4.78 is 5.12. The minimum absolute atomic E-state index is 0.217. The van der Waals surface area contributed by atoms with Crippen molar-refractivity contribution in [2.24, 2.45) is 5.73 Å². The maximum absolute atomic E-state index is 11.6. The van der Waals surface area contributed by atoms with Gasteiger partial charge < -0.3 is 15.8 Å². The molecule has 1 aliphatic rings. The Balaban J connectivity index is 2.15. The topological polar surface area (TPSA) is 81.4 Å². The number of nitrogens with one attached hydrogen (secondary N) is 1. The Kier molecular flexibility index (Phi) is 6.14. The Morgan fingerprint density at radius 3 is 2.94 bits per heavy atom. The second-order valence-electron chi connectivity index (χ2n) is 4.11. The van der Waals surface area contributed by atoms with Crippen molar-refractivity contribution >= 4 is 12.0 Å². The lowest BCUT2D eigenvalue weighted by atomic mass is 10.1. The van der Waals surface area contributed by atoms with Crippen molar-refractivity contribution in [3.63, 3.8) is 0 Å². The third-order valence-corrected chi connectivity index (χ3v) is 2.66. The largest absolute Gasteiger partial charge is 0.462 e. The molecule has 0 saturated heterocycles. The number of hydrogen-bond acceptors (Lipinski definition) is 3. The molecule has 5 nitrogen and oxygen atoms in total. The minimum atomic E-state index is -0.553. The fourth-order valence-electron chi connectivity index (χ4n) is 1.74. The number of carbonyl (C=O) groups excluding carboxylic acids is 2. The first-order valence-corrected chi connectivity index (χ1v) is 6.09. The molecular weight excluding hydrogens is 220 g/mol. The van der Waals surface area contributed by atoms with Crippen molar-refractivity contribution in [3.8, 4) is 0 Å². The maximum Gasteiger partial charge on any atom is 0.333 e. The molecule has 3 N–H and O–H groups in total. The van der Waals surface area contributed by atoms with Crippen LogP contribution in [0.1, 0.15) is 38.5 Å². The molecule has 0 unspecified atom stereocenters. The molecular formula is C12H20N2O3. The van der Waals surface area contributed by atoms with E-state index >= 15 is 0 Å². The van der Waals surface area contributed by atoms with Crippen LogP contribution in [0.25, 0.3) is 0 Å². The Morgan fingerprint density at radius 2 is 2.18 bits per heavy atom. The summed E-state index contributed by atoms with van der Waals surface area (Å²) in [6.45, 7) is 0.748. The molecule has 2 amide bonds. The van der Waals surface area contributed by atoms with Gasteiger partial charge in [-0.3, -0.25) is 0 Å². The second-order valence-corrected chi connectivity index (χ2v) is 4.11. The molecule has 0 saturated carbocycles. The SMILES string of the molecule is NC(=O)NCCCOC(=O)C1=CCCCCC1. The fraction of sp³-hybridized carbons (Fsp3) is 0.667. The van der Waals surface area contributed by atoms with Gasteiger partial charge in [-0.05, 0) is 32.1 Å². The minimum Gasteiger partial charge on any atom is -0.462 e. The van der Waals surface area contributed by atoms with E-state index in [1.165, 1.54) is 6.42 Å². The number of ether oxygens (including phenoxy) is 1. The van der Waals surface area contributed by atoms with E-state index < -0.39 is 6.03 Å². The number of primary amides is 1. The molecule has 0 aromatic heterocycles. The van der Waals surface area contributed by atoms with E-state index in [2.05, 4.69) is 5.32 Å². The number of amides is 2. The summed E-state index contributed by atoms with van der Waals surface area (Å²) >= 11 is 0. The Morgan fingerprint density at radius 1 is 1.35 bits per heavy atom. The van der Waals surface area contributed by atoms with Gasteiger partial charge in [-0.1, -0.05) is 12.5 Å². The lowest BCUT2D eigenvalue weighted by Crippen LogP contribution is -2.30. The van der Waals surface area contributed by atoms with Crippen LogP contribution in [0.4, 0.5) is 4.79 Å². The quantitative estimate of drug-likeness (QED) is 0.564. The Bertz CT molecular complexity index is 300. The summed E-state index contributed by atoms with van der Waals surface area (Å²) in [5.41, 5.74) is 5.70. The van der Waals surface area contributed by atoms with Crippen molar-refractivity contribution in [2.45, 2.75) is 38.5 Å². The molecule has 0 aliphatic heterocycles. The summed E-state index contributed by atoms with van der Waals surface area (Å²) in [5, 5.41) is 2.44. The smallest absolute Gasteiger partial charge is 0.333 e. The van der Waals surface area contributed by atoms with Gasteiger partial charge in [-0.25, -0.2) is 9.59 Å². The van der Waals surface area contributed by atoms with Crippen molar-refractivity contribution < 1.29 is 14.3 Å². The molecule has 0 aromatic rings. The Labute approximate surface area is 101 Å². The van der Waals surface area contributed by atoms with Crippen molar-refractivity contribution in [3.05, 3.63) is 11.6 Å².